The maximum Gasteiger partial charge on any atom is 0.404 e. The summed E-state index contributed by atoms with van der Waals surface area (Å²) in [4.78, 5) is 10.0. The van der Waals surface area contributed by atoms with Crippen molar-refractivity contribution in [1.29, 1.82) is 0 Å². The summed E-state index contributed by atoms with van der Waals surface area (Å²) in [6.45, 7) is 0.354. The van der Waals surface area contributed by atoms with Crippen LogP contribution in [0.2, 0.25) is 0 Å². The summed E-state index contributed by atoms with van der Waals surface area (Å²) in [5.41, 5.74) is 4.71. The number of hydrogen-bond donors (Lipinski definition) is 3. The van der Waals surface area contributed by atoms with E-state index in [1.165, 1.54) is 0 Å². The van der Waals surface area contributed by atoms with Crippen molar-refractivity contribution in [2.24, 2.45) is 5.73 Å². The molecule has 0 rings (SSSR count). The molecule has 0 radical (unpaired) electrons. The zero-order valence-corrected chi connectivity index (χ0v) is 7.28. The van der Waals surface area contributed by atoms with Gasteiger partial charge < -0.3 is 10.5 Å². The number of thiol groups is 2. The van der Waals surface area contributed by atoms with Crippen molar-refractivity contribution in [1.82, 2.24) is 0 Å². The van der Waals surface area contributed by atoms with E-state index in [-0.39, 0.29) is 4.58 Å². The van der Waals surface area contributed by atoms with Crippen molar-refractivity contribution in [2.45, 2.75) is 17.4 Å². The zero-order valence-electron chi connectivity index (χ0n) is 5.49. The molecule has 10 heavy (non-hydrogen) atoms. The molecule has 0 saturated heterocycles. The Balaban J connectivity index is 2.98. The molecule has 0 unspecified atom stereocenters. The van der Waals surface area contributed by atoms with Crippen LogP contribution >= 0.6 is 25.3 Å². The van der Waals surface area contributed by atoms with E-state index in [1.54, 1.807) is 0 Å². The van der Waals surface area contributed by atoms with Crippen molar-refractivity contribution in [3.63, 3.8) is 0 Å². The maximum atomic E-state index is 10.0. The molecular formula is C5H11NO2S2. The standard InChI is InChI=1S/C5H11NO2S2/c6-5(7)8-3-1-2-4(9)10/h4,9-10H,1-3H2,(H2,6,7). The van der Waals surface area contributed by atoms with Gasteiger partial charge in [0, 0.05) is 4.58 Å². The molecule has 0 aromatic heterocycles. The van der Waals surface area contributed by atoms with Gasteiger partial charge in [0.05, 0.1) is 6.61 Å². The maximum absolute atomic E-state index is 10.0. The van der Waals surface area contributed by atoms with Crippen LogP contribution in [-0.2, 0) is 4.74 Å². The molecule has 0 spiro atoms. The minimum atomic E-state index is -0.727. The fourth-order valence-corrected chi connectivity index (χ4v) is 0.804. The minimum Gasteiger partial charge on any atom is -0.450 e. The topological polar surface area (TPSA) is 52.3 Å². The summed E-state index contributed by atoms with van der Waals surface area (Å²) in [6, 6.07) is 0. The highest BCUT2D eigenvalue weighted by atomic mass is 32.2. The Labute approximate surface area is 71.1 Å². The van der Waals surface area contributed by atoms with Crippen LogP contribution < -0.4 is 5.73 Å². The van der Waals surface area contributed by atoms with E-state index in [4.69, 9.17) is 5.73 Å². The monoisotopic (exact) mass is 181 g/mol. The van der Waals surface area contributed by atoms with Gasteiger partial charge in [-0.05, 0) is 12.8 Å². The zero-order chi connectivity index (χ0) is 7.98. The molecule has 0 saturated carbocycles. The first-order valence-corrected chi connectivity index (χ1v) is 3.94. The quantitative estimate of drug-likeness (QED) is 0.345. The van der Waals surface area contributed by atoms with Crippen LogP contribution in [0.3, 0.4) is 0 Å². The first kappa shape index (κ1) is 9.97. The molecule has 5 heteroatoms. The van der Waals surface area contributed by atoms with Gasteiger partial charge in [-0.15, -0.1) is 0 Å². The van der Waals surface area contributed by atoms with Gasteiger partial charge >= 0.3 is 6.09 Å². The Morgan fingerprint density at radius 1 is 1.60 bits per heavy atom. The average molecular weight is 181 g/mol. The van der Waals surface area contributed by atoms with E-state index in [1.807, 2.05) is 0 Å². The predicted octanol–water partition coefficient (Wildman–Crippen LogP) is 1.05. The predicted molar refractivity (Wildman–Crippen MR) is 46.5 cm³/mol. The summed E-state index contributed by atoms with van der Waals surface area (Å²) in [5.74, 6) is 0. The normalized spacial score (nSPS) is 9.90. The van der Waals surface area contributed by atoms with Gasteiger partial charge in [-0.25, -0.2) is 4.79 Å². The van der Waals surface area contributed by atoms with Crippen molar-refractivity contribution in [3.8, 4) is 0 Å². The first-order chi connectivity index (χ1) is 4.63. The summed E-state index contributed by atoms with van der Waals surface area (Å²) in [6.07, 6.45) is 0.829. The Morgan fingerprint density at radius 3 is 2.60 bits per heavy atom. The highest BCUT2D eigenvalue weighted by Gasteiger charge is 1.96. The van der Waals surface area contributed by atoms with Crippen LogP contribution in [0.25, 0.3) is 0 Å². The molecule has 1 amide bonds. The minimum absolute atomic E-state index is 0.0523. The second-order valence-electron chi connectivity index (χ2n) is 1.79. The molecule has 0 aliphatic heterocycles. The fourth-order valence-electron chi connectivity index (χ4n) is 0.439. The van der Waals surface area contributed by atoms with Gasteiger partial charge in [-0.3, -0.25) is 0 Å². The van der Waals surface area contributed by atoms with Crippen LogP contribution in [-0.4, -0.2) is 17.3 Å². The van der Waals surface area contributed by atoms with Crippen molar-refractivity contribution < 1.29 is 9.53 Å². The van der Waals surface area contributed by atoms with E-state index in [0.29, 0.717) is 6.61 Å². The second kappa shape index (κ2) is 5.73. The summed E-state index contributed by atoms with van der Waals surface area (Å²) in [7, 11) is 0. The molecule has 0 fully saturated rings. The Hall–Kier alpha value is -0.0300. The van der Waals surface area contributed by atoms with E-state index in [9.17, 15) is 4.79 Å². The molecule has 0 atom stereocenters. The molecule has 0 bridgehead atoms. The smallest absolute Gasteiger partial charge is 0.404 e. The van der Waals surface area contributed by atoms with Crippen LogP contribution in [0.1, 0.15) is 12.8 Å². The molecule has 0 heterocycles. The number of carbonyl (C=O) groups is 1. The number of carbonyl (C=O) groups excluding carboxylic acids is 1. The molecular weight excluding hydrogens is 170 g/mol. The van der Waals surface area contributed by atoms with Crippen molar-refractivity contribution in [2.75, 3.05) is 6.61 Å². The lowest BCUT2D eigenvalue weighted by Crippen LogP contribution is -2.13. The molecule has 0 aromatic carbocycles. The van der Waals surface area contributed by atoms with Gasteiger partial charge in [-0.1, -0.05) is 0 Å². The molecule has 2 N–H and O–H groups in total. The van der Waals surface area contributed by atoms with E-state index < -0.39 is 6.09 Å². The van der Waals surface area contributed by atoms with Gasteiger partial charge in [0.2, 0.25) is 0 Å². The lowest BCUT2D eigenvalue weighted by Gasteiger charge is -2.02. The van der Waals surface area contributed by atoms with Crippen LogP contribution in [0.5, 0.6) is 0 Å². The number of hydrogen-bond acceptors (Lipinski definition) is 4. The third kappa shape index (κ3) is 7.97. The largest absolute Gasteiger partial charge is 0.450 e. The summed E-state index contributed by atoms with van der Waals surface area (Å²) < 4.78 is 4.52. The molecule has 3 nitrogen and oxygen atoms in total. The van der Waals surface area contributed by atoms with E-state index in [2.05, 4.69) is 30.0 Å². The number of rotatable bonds is 4. The molecule has 0 aromatic rings. The second-order valence-corrected chi connectivity index (χ2v) is 3.44. The number of primary amides is 1. The molecule has 0 aliphatic rings. The van der Waals surface area contributed by atoms with Crippen LogP contribution in [0, 0.1) is 0 Å². The summed E-state index contributed by atoms with van der Waals surface area (Å²) in [5, 5.41) is 0. The highest BCUT2D eigenvalue weighted by Crippen LogP contribution is 2.07. The third-order valence-electron chi connectivity index (χ3n) is 0.851. The number of amides is 1. The van der Waals surface area contributed by atoms with Gasteiger partial charge in [0.15, 0.2) is 0 Å². The van der Waals surface area contributed by atoms with Gasteiger partial charge in [0.25, 0.3) is 0 Å². The highest BCUT2D eigenvalue weighted by molar-refractivity contribution is 7.99. The van der Waals surface area contributed by atoms with Crippen LogP contribution in [0.4, 0.5) is 4.79 Å². The lowest BCUT2D eigenvalue weighted by atomic mass is 10.3. The van der Waals surface area contributed by atoms with Crippen molar-refractivity contribution in [3.05, 3.63) is 0 Å². The Morgan fingerprint density at radius 2 is 2.20 bits per heavy atom. The van der Waals surface area contributed by atoms with Gasteiger partial charge in [-0.2, -0.15) is 25.3 Å². The SMILES string of the molecule is NC(=O)OCCCC(S)S. The van der Waals surface area contributed by atoms with E-state index >= 15 is 0 Å². The fraction of sp³-hybridized carbons (Fsp3) is 0.800. The van der Waals surface area contributed by atoms with E-state index in [0.717, 1.165) is 12.8 Å². The Bertz CT molecular complexity index is 108. The lowest BCUT2D eigenvalue weighted by molar-refractivity contribution is 0.155. The molecule has 60 valence electrons. The van der Waals surface area contributed by atoms with Crippen LogP contribution in [0.15, 0.2) is 0 Å². The molecule has 0 aliphatic carbocycles. The third-order valence-corrected chi connectivity index (χ3v) is 1.37. The summed E-state index contributed by atoms with van der Waals surface area (Å²) >= 11 is 8.03. The first-order valence-electron chi connectivity index (χ1n) is 2.91. The Kier molecular flexibility index (Phi) is 5.71. The average Bonchev–Trinajstić information content (AvgIpc) is 1.79. The number of ether oxygens (including phenoxy) is 1. The van der Waals surface area contributed by atoms with Crippen molar-refractivity contribution >= 4 is 31.4 Å². The number of nitrogens with two attached hydrogens (primary N) is 1. The van der Waals surface area contributed by atoms with Gasteiger partial charge in [0.1, 0.15) is 0 Å².